The standard InChI is InChI=1S/C14H27N3O/c1-17-10-4-6-13(11-17)16-14(18)8-7-12-5-2-3-9-15-12/h12-13,15H,2-11H2,1H3,(H,16,18). The summed E-state index contributed by atoms with van der Waals surface area (Å²) in [6.45, 7) is 3.30. The molecule has 2 atom stereocenters. The Kier molecular flexibility index (Phi) is 5.45. The Hall–Kier alpha value is -0.610. The third-order valence-corrected chi connectivity index (χ3v) is 4.12. The molecule has 0 bridgehead atoms. The zero-order valence-corrected chi connectivity index (χ0v) is 11.6. The topological polar surface area (TPSA) is 44.4 Å². The van der Waals surface area contributed by atoms with Crippen LogP contribution in [0.1, 0.15) is 44.9 Å². The van der Waals surface area contributed by atoms with Crippen LogP contribution < -0.4 is 10.6 Å². The molecule has 2 aliphatic heterocycles. The maximum atomic E-state index is 11.9. The molecule has 2 N–H and O–H groups in total. The van der Waals surface area contributed by atoms with Crippen molar-refractivity contribution in [3.8, 4) is 0 Å². The molecule has 2 fully saturated rings. The highest BCUT2D eigenvalue weighted by Gasteiger charge is 2.19. The van der Waals surface area contributed by atoms with E-state index in [0.717, 1.165) is 25.9 Å². The predicted octanol–water partition coefficient (Wildman–Crippen LogP) is 1.12. The fraction of sp³-hybridized carbons (Fsp3) is 0.929. The van der Waals surface area contributed by atoms with Gasteiger partial charge in [-0.2, -0.15) is 0 Å². The number of hydrogen-bond donors (Lipinski definition) is 2. The van der Waals surface area contributed by atoms with Crippen LogP contribution >= 0.6 is 0 Å². The van der Waals surface area contributed by atoms with Crippen LogP contribution in [0.3, 0.4) is 0 Å². The number of amides is 1. The summed E-state index contributed by atoms with van der Waals surface area (Å²) in [7, 11) is 2.13. The van der Waals surface area contributed by atoms with E-state index >= 15 is 0 Å². The van der Waals surface area contributed by atoms with Gasteiger partial charge >= 0.3 is 0 Å². The van der Waals surface area contributed by atoms with Crippen LogP contribution in [0.2, 0.25) is 0 Å². The van der Waals surface area contributed by atoms with Crippen LogP contribution in [-0.4, -0.2) is 49.6 Å². The van der Waals surface area contributed by atoms with Gasteiger partial charge in [-0.1, -0.05) is 6.42 Å². The minimum atomic E-state index is 0.239. The molecule has 2 saturated heterocycles. The first-order chi connectivity index (χ1) is 8.74. The fourth-order valence-electron chi connectivity index (χ4n) is 3.06. The summed E-state index contributed by atoms with van der Waals surface area (Å²) in [5.41, 5.74) is 0. The zero-order valence-electron chi connectivity index (χ0n) is 11.6. The summed E-state index contributed by atoms with van der Waals surface area (Å²) in [5.74, 6) is 0.239. The summed E-state index contributed by atoms with van der Waals surface area (Å²) in [4.78, 5) is 14.2. The number of nitrogens with zero attached hydrogens (tertiary/aromatic N) is 1. The van der Waals surface area contributed by atoms with Gasteiger partial charge in [0, 0.05) is 25.0 Å². The van der Waals surface area contributed by atoms with Crippen molar-refractivity contribution in [3.05, 3.63) is 0 Å². The molecule has 0 aromatic carbocycles. The molecular formula is C14H27N3O. The molecule has 4 nitrogen and oxygen atoms in total. The molecule has 104 valence electrons. The number of rotatable bonds is 4. The maximum Gasteiger partial charge on any atom is 0.220 e. The quantitative estimate of drug-likeness (QED) is 0.789. The van der Waals surface area contributed by atoms with Crippen LogP contribution in [0.5, 0.6) is 0 Å². The van der Waals surface area contributed by atoms with Crippen LogP contribution in [-0.2, 0) is 4.79 Å². The van der Waals surface area contributed by atoms with Gasteiger partial charge in [-0.05, 0) is 52.2 Å². The number of piperidine rings is 2. The van der Waals surface area contributed by atoms with Crippen molar-refractivity contribution in [3.63, 3.8) is 0 Å². The summed E-state index contributed by atoms with van der Waals surface area (Å²) < 4.78 is 0. The van der Waals surface area contributed by atoms with E-state index in [0.29, 0.717) is 18.5 Å². The van der Waals surface area contributed by atoms with Gasteiger partial charge in [-0.25, -0.2) is 0 Å². The number of nitrogens with one attached hydrogen (secondary N) is 2. The molecule has 4 heteroatoms. The molecule has 0 aromatic rings. The number of likely N-dealkylation sites (tertiary alicyclic amines) is 1. The number of likely N-dealkylation sites (N-methyl/N-ethyl adjacent to an activating group) is 1. The monoisotopic (exact) mass is 253 g/mol. The van der Waals surface area contributed by atoms with Crippen LogP contribution in [0.4, 0.5) is 0 Å². The largest absolute Gasteiger partial charge is 0.352 e. The SMILES string of the molecule is CN1CCCC(NC(=O)CCC2CCCCN2)C1. The highest BCUT2D eigenvalue weighted by molar-refractivity contribution is 5.76. The lowest BCUT2D eigenvalue weighted by molar-refractivity contribution is -0.122. The van der Waals surface area contributed by atoms with Crippen LogP contribution in [0, 0.1) is 0 Å². The molecule has 0 spiro atoms. The second-order valence-electron chi connectivity index (χ2n) is 5.85. The second-order valence-corrected chi connectivity index (χ2v) is 5.85. The van der Waals surface area contributed by atoms with Crippen molar-refractivity contribution >= 4 is 5.91 Å². The molecule has 2 heterocycles. The van der Waals surface area contributed by atoms with Crippen molar-refractivity contribution in [2.75, 3.05) is 26.7 Å². The van der Waals surface area contributed by atoms with Crippen molar-refractivity contribution in [2.24, 2.45) is 0 Å². The molecule has 0 saturated carbocycles. The van der Waals surface area contributed by atoms with E-state index in [4.69, 9.17) is 0 Å². The van der Waals surface area contributed by atoms with Gasteiger partial charge in [0.05, 0.1) is 0 Å². The lowest BCUT2D eigenvalue weighted by Crippen LogP contribution is -2.46. The van der Waals surface area contributed by atoms with Gasteiger partial charge in [0.25, 0.3) is 0 Å². The maximum absolute atomic E-state index is 11.9. The molecule has 1 amide bonds. The Morgan fingerprint density at radius 2 is 2.22 bits per heavy atom. The van der Waals surface area contributed by atoms with E-state index in [9.17, 15) is 4.79 Å². The molecule has 2 unspecified atom stereocenters. The van der Waals surface area contributed by atoms with Crippen LogP contribution in [0.15, 0.2) is 0 Å². The first-order valence-corrected chi connectivity index (χ1v) is 7.45. The lowest BCUT2D eigenvalue weighted by atomic mass is 10.00. The molecule has 2 rings (SSSR count). The predicted molar refractivity (Wildman–Crippen MR) is 73.5 cm³/mol. The van der Waals surface area contributed by atoms with E-state index in [1.165, 1.54) is 32.2 Å². The normalized spacial score (nSPS) is 30.1. The highest BCUT2D eigenvalue weighted by Crippen LogP contribution is 2.12. The first kappa shape index (κ1) is 13.8. The zero-order chi connectivity index (χ0) is 12.8. The molecular weight excluding hydrogens is 226 g/mol. The summed E-state index contributed by atoms with van der Waals surface area (Å²) in [5, 5.41) is 6.68. The summed E-state index contributed by atoms with van der Waals surface area (Å²) in [6.07, 6.45) is 7.85. The first-order valence-electron chi connectivity index (χ1n) is 7.45. The number of hydrogen-bond acceptors (Lipinski definition) is 3. The average molecular weight is 253 g/mol. The second kappa shape index (κ2) is 7.10. The Morgan fingerprint density at radius 1 is 1.33 bits per heavy atom. The van der Waals surface area contributed by atoms with E-state index in [1.54, 1.807) is 0 Å². The van der Waals surface area contributed by atoms with E-state index in [-0.39, 0.29) is 5.91 Å². The Labute approximate surface area is 110 Å². The minimum Gasteiger partial charge on any atom is -0.352 e. The van der Waals surface area contributed by atoms with Crippen molar-refractivity contribution < 1.29 is 4.79 Å². The third kappa shape index (κ3) is 4.58. The van der Waals surface area contributed by atoms with Crippen molar-refractivity contribution in [2.45, 2.75) is 57.0 Å². The third-order valence-electron chi connectivity index (χ3n) is 4.12. The van der Waals surface area contributed by atoms with Gasteiger partial charge in [0.2, 0.25) is 5.91 Å². The molecule has 18 heavy (non-hydrogen) atoms. The Bertz CT molecular complexity index is 264. The highest BCUT2D eigenvalue weighted by atomic mass is 16.1. The van der Waals surface area contributed by atoms with E-state index in [1.807, 2.05) is 0 Å². The van der Waals surface area contributed by atoms with Gasteiger partial charge in [-0.15, -0.1) is 0 Å². The van der Waals surface area contributed by atoms with Crippen molar-refractivity contribution in [1.29, 1.82) is 0 Å². The van der Waals surface area contributed by atoms with E-state index < -0.39 is 0 Å². The van der Waals surface area contributed by atoms with Gasteiger partial charge in [0.1, 0.15) is 0 Å². The number of carbonyl (C=O) groups excluding carboxylic acids is 1. The van der Waals surface area contributed by atoms with Gasteiger partial charge in [0.15, 0.2) is 0 Å². The minimum absolute atomic E-state index is 0.239. The smallest absolute Gasteiger partial charge is 0.220 e. The molecule has 2 aliphatic rings. The van der Waals surface area contributed by atoms with Gasteiger partial charge < -0.3 is 15.5 Å². The number of carbonyl (C=O) groups is 1. The Balaban J connectivity index is 1.62. The molecule has 0 aliphatic carbocycles. The molecule has 0 radical (unpaired) electrons. The average Bonchev–Trinajstić information content (AvgIpc) is 2.38. The fourth-order valence-corrected chi connectivity index (χ4v) is 3.06. The lowest BCUT2D eigenvalue weighted by Gasteiger charge is -2.30. The van der Waals surface area contributed by atoms with Crippen molar-refractivity contribution in [1.82, 2.24) is 15.5 Å². The molecule has 0 aromatic heterocycles. The van der Waals surface area contributed by atoms with E-state index in [2.05, 4.69) is 22.6 Å². The van der Waals surface area contributed by atoms with Gasteiger partial charge in [-0.3, -0.25) is 4.79 Å². The summed E-state index contributed by atoms with van der Waals surface area (Å²) >= 11 is 0. The summed E-state index contributed by atoms with van der Waals surface area (Å²) in [6, 6.07) is 0.939. The van der Waals surface area contributed by atoms with Crippen LogP contribution in [0.25, 0.3) is 0 Å². The Morgan fingerprint density at radius 3 is 2.94 bits per heavy atom.